The molecule has 1 amide bonds. The number of piperidine rings is 2. The van der Waals surface area contributed by atoms with Gasteiger partial charge in [-0.3, -0.25) is 4.79 Å². The third-order valence-electron chi connectivity index (χ3n) is 6.77. The van der Waals surface area contributed by atoms with Crippen LogP contribution in [0.1, 0.15) is 57.8 Å². The minimum atomic E-state index is 0.400. The van der Waals surface area contributed by atoms with Crippen LogP contribution in [0.4, 0.5) is 0 Å². The summed E-state index contributed by atoms with van der Waals surface area (Å²) in [5.74, 6) is 1.96. The Morgan fingerprint density at radius 2 is 1.71 bits per heavy atom. The maximum absolute atomic E-state index is 12.8. The Bertz CT molecular complexity index is 441. The fourth-order valence-electron chi connectivity index (χ4n) is 5.21. The van der Waals surface area contributed by atoms with Crippen LogP contribution in [0.25, 0.3) is 0 Å². The minimum absolute atomic E-state index is 0.400. The maximum atomic E-state index is 12.8. The molecule has 136 valence electrons. The van der Waals surface area contributed by atoms with Gasteiger partial charge in [0.05, 0.1) is 0 Å². The quantitative estimate of drug-likeness (QED) is 0.792. The van der Waals surface area contributed by atoms with E-state index in [1.165, 1.54) is 58.2 Å². The summed E-state index contributed by atoms with van der Waals surface area (Å²) >= 11 is 0. The summed E-state index contributed by atoms with van der Waals surface area (Å²) in [7, 11) is 0. The van der Waals surface area contributed by atoms with Crippen LogP contribution < -0.4 is 0 Å². The smallest absolute Gasteiger partial charge is 0.222 e. The van der Waals surface area contributed by atoms with Gasteiger partial charge in [0, 0.05) is 51.2 Å². The van der Waals surface area contributed by atoms with E-state index in [9.17, 15) is 4.79 Å². The van der Waals surface area contributed by atoms with E-state index in [1.807, 2.05) is 0 Å². The fourth-order valence-corrected chi connectivity index (χ4v) is 5.21. The van der Waals surface area contributed by atoms with E-state index in [2.05, 4.69) is 9.80 Å². The van der Waals surface area contributed by atoms with E-state index in [0.29, 0.717) is 17.2 Å². The van der Waals surface area contributed by atoms with Crippen molar-refractivity contribution in [1.82, 2.24) is 9.80 Å². The largest absolute Gasteiger partial charge is 0.381 e. The molecule has 0 aromatic carbocycles. The lowest BCUT2D eigenvalue weighted by Gasteiger charge is -2.49. The fraction of sp³-hybridized carbons (Fsp3) is 0.950. The van der Waals surface area contributed by atoms with Gasteiger partial charge in [0.1, 0.15) is 0 Å². The van der Waals surface area contributed by atoms with Gasteiger partial charge in [-0.05, 0) is 69.7 Å². The van der Waals surface area contributed by atoms with Crippen molar-refractivity contribution in [3.63, 3.8) is 0 Å². The molecule has 0 N–H and O–H groups in total. The van der Waals surface area contributed by atoms with Gasteiger partial charge in [-0.15, -0.1) is 0 Å². The first-order valence-corrected chi connectivity index (χ1v) is 10.3. The summed E-state index contributed by atoms with van der Waals surface area (Å²) < 4.78 is 5.43. The van der Waals surface area contributed by atoms with Crippen LogP contribution in [-0.2, 0) is 9.53 Å². The minimum Gasteiger partial charge on any atom is -0.381 e. The highest BCUT2D eigenvalue weighted by Crippen LogP contribution is 2.40. The predicted molar refractivity (Wildman–Crippen MR) is 94.8 cm³/mol. The highest BCUT2D eigenvalue weighted by atomic mass is 16.5. The van der Waals surface area contributed by atoms with E-state index in [4.69, 9.17) is 4.74 Å². The zero-order chi connectivity index (χ0) is 16.4. The topological polar surface area (TPSA) is 32.8 Å². The molecule has 4 heteroatoms. The molecule has 4 fully saturated rings. The number of hydrogen-bond acceptors (Lipinski definition) is 3. The molecule has 3 aliphatic heterocycles. The number of rotatable bonds is 4. The number of hydrogen-bond donors (Lipinski definition) is 0. The summed E-state index contributed by atoms with van der Waals surface area (Å²) in [5.41, 5.74) is 0.400. The maximum Gasteiger partial charge on any atom is 0.222 e. The van der Waals surface area contributed by atoms with Crippen LogP contribution >= 0.6 is 0 Å². The Balaban J connectivity index is 1.32. The summed E-state index contributed by atoms with van der Waals surface area (Å²) in [6.07, 6.45) is 11.0. The highest BCUT2D eigenvalue weighted by molar-refractivity contribution is 5.76. The highest BCUT2D eigenvalue weighted by Gasteiger charge is 2.41. The van der Waals surface area contributed by atoms with Gasteiger partial charge >= 0.3 is 0 Å². The average Bonchev–Trinajstić information content (AvgIpc) is 3.40. The molecule has 24 heavy (non-hydrogen) atoms. The predicted octanol–water partition coefficient (Wildman–Crippen LogP) is 2.92. The normalized spacial score (nSPS) is 33.1. The van der Waals surface area contributed by atoms with Crippen LogP contribution in [0.2, 0.25) is 0 Å². The summed E-state index contributed by atoms with van der Waals surface area (Å²) in [5, 5.41) is 0. The molecular formula is C20H34N2O2. The summed E-state index contributed by atoms with van der Waals surface area (Å²) in [6.45, 7) is 7.55. The molecule has 0 aromatic rings. The molecule has 4 rings (SSSR count). The average molecular weight is 335 g/mol. The Morgan fingerprint density at radius 1 is 0.958 bits per heavy atom. The molecule has 3 saturated heterocycles. The number of carbonyl (C=O) groups is 1. The van der Waals surface area contributed by atoms with E-state index in [-0.39, 0.29) is 0 Å². The van der Waals surface area contributed by atoms with Gasteiger partial charge in [-0.25, -0.2) is 0 Å². The van der Waals surface area contributed by atoms with Gasteiger partial charge in [-0.1, -0.05) is 0 Å². The van der Waals surface area contributed by atoms with Crippen LogP contribution in [0, 0.1) is 17.3 Å². The number of likely N-dealkylation sites (tertiary alicyclic amines) is 2. The lowest BCUT2D eigenvalue weighted by atomic mass is 9.73. The van der Waals surface area contributed by atoms with Gasteiger partial charge in [-0.2, -0.15) is 0 Å². The first kappa shape index (κ1) is 16.8. The van der Waals surface area contributed by atoms with Gasteiger partial charge in [0.2, 0.25) is 5.91 Å². The Kier molecular flexibility index (Phi) is 5.14. The van der Waals surface area contributed by atoms with Gasteiger partial charge in [0.25, 0.3) is 0 Å². The van der Waals surface area contributed by atoms with Crippen LogP contribution in [0.15, 0.2) is 0 Å². The van der Waals surface area contributed by atoms with E-state index in [1.54, 1.807) is 0 Å². The molecule has 0 bridgehead atoms. The van der Waals surface area contributed by atoms with E-state index in [0.717, 1.165) is 51.5 Å². The zero-order valence-corrected chi connectivity index (χ0v) is 15.2. The van der Waals surface area contributed by atoms with Crippen LogP contribution in [0.5, 0.6) is 0 Å². The van der Waals surface area contributed by atoms with E-state index < -0.39 is 0 Å². The lowest BCUT2D eigenvalue weighted by Crippen LogP contribution is -2.54. The van der Waals surface area contributed by atoms with Crippen LogP contribution in [0.3, 0.4) is 0 Å². The monoisotopic (exact) mass is 334 g/mol. The second kappa shape index (κ2) is 7.33. The molecule has 1 spiro atoms. The van der Waals surface area contributed by atoms with Crippen molar-refractivity contribution in [2.24, 2.45) is 17.3 Å². The molecule has 1 unspecified atom stereocenters. The third-order valence-corrected chi connectivity index (χ3v) is 6.77. The van der Waals surface area contributed by atoms with Crippen LogP contribution in [-0.4, -0.2) is 61.6 Å². The first-order valence-electron chi connectivity index (χ1n) is 10.3. The molecule has 4 nitrogen and oxygen atoms in total. The third kappa shape index (κ3) is 4.13. The molecule has 1 aliphatic carbocycles. The zero-order valence-electron chi connectivity index (χ0n) is 15.2. The number of ether oxygens (including phenoxy) is 1. The molecule has 1 saturated carbocycles. The molecular weight excluding hydrogens is 300 g/mol. The van der Waals surface area contributed by atoms with Crippen molar-refractivity contribution in [2.75, 3.05) is 45.9 Å². The molecule has 0 radical (unpaired) electrons. The number of nitrogens with zero attached hydrogens (tertiary/aromatic N) is 2. The second-order valence-electron chi connectivity index (χ2n) is 8.96. The molecule has 3 heterocycles. The molecule has 0 aromatic heterocycles. The number of amides is 1. The standard InChI is InChI=1S/C20H34N2O2/c23-19(13-17-5-11-24-12-6-17)22-10-2-8-20(16-22)7-1-9-21(15-20)14-18-3-4-18/h17-18H,1-16H2. The second-order valence-corrected chi connectivity index (χ2v) is 8.96. The number of carbonyl (C=O) groups excluding carboxylic acids is 1. The van der Waals surface area contributed by atoms with Gasteiger partial charge < -0.3 is 14.5 Å². The van der Waals surface area contributed by atoms with Crippen molar-refractivity contribution < 1.29 is 9.53 Å². The Hall–Kier alpha value is -0.610. The van der Waals surface area contributed by atoms with Crippen molar-refractivity contribution in [2.45, 2.75) is 57.8 Å². The van der Waals surface area contributed by atoms with E-state index >= 15 is 0 Å². The molecule has 4 aliphatic rings. The van der Waals surface area contributed by atoms with Crippen molar-refractivity contribution >= 4 is 5.91 Å². The van der Waals surface area contributed by atoms with Crippen molar-refractivity contribution in [3.8, 4) is 0 Å². The van der Waals surface area contributed by atoms with Gasteiger partial charge in [0.15, 0.2) is 0 Å². The Labute approximate surface area is 146 Å². The molecule has 1 atom stereocenters. The first-order chi connectivity index (χ1) is 11.7. The SMILES string of the molecule is O=C(CC1CCOCC1)N1CCCC2(CCCN(CC3CC3)C2)C1. The van der Waals surface area contributed by atoms with Crippen molar-refractivity contribution in [1.29, 1.82) is 0 Å². The van der Waals surface area contributed by atoms with Crippen molar-refractivity contribution in [3.05, 3.63) is 0 Å². The lowest BCUT2D eigenvalue weighted by molar-refractivity contribution is -0.137. The Morgan fingerprint density at radius 3 is 2.46 bits per heavy atom. The summed E-state index contributed by atoms with van der Waals surface area (Å²) in [4.78, 5) is 17.8. The summed E-state index contributed by atoms with van der Waals surface area (Å²) in [6, 6.07) is 0.